The van der Waals surface area contributed by atoms with Crippen LogP contribution >= 0.6 is 0 Å². The first kappa shape index (κ1) is 13.1. The van der Waals surface area contributed by atoms with Crippen LogP contribution in [0.1, 0.15) is 15.9 Å². The molecule has 1 heterocycles. The number of hydrogen-bond acceptors (Lipinski definition) is 4. The number of pyridine rings is 1. The molecule has 0 atom stereocenters. The van der Waals surface area contributed by atoms with Crippen molar-refractivity contribution in [3.05, 3.63) is 53.9 Å². The maximum absolute atomic E-state index is 12.4. The fourth-order valence-electron chi connectivity index (χ4n) is 1.90. The summed E-state index contributed by atoms with van der Waals surface area (Å²) in [7, 11) is 3.08. The van der Waals surface area contributed by atoms with E-state index in [2.05, 4.69) is 4.98 Å². The molecule has 4 nitrogen and oxygen atoms in total. The van der Waals surface area contributed by atoms with Crippen LogP contribution < -0.4 is 9.47 Å². The molecule has 0 aliphatic rings. The molecule has 0 fully saturated rings. The molecule has 2 rings (SSSR count). The van der Waals surface area contributed by atoms with E-state index < -0.39 is 0 Å². The molecule has 0 amide bonds. The molecule has 0 unspecified atom stereocenters. The largest absolute Gasteiger partial charge is 0.496 e. The molecule has 0 radical (unpaired) electrons. The van der Waals surface area contributed by atoms with E-state index >= 15 is 0 Å². The third kappa shape index (κ3) is 2.91. The molecule has 98 valence electrons. The predicted octanol–water partition coefficient (Wildman–Crippen LogP) is 2.52. The molecule has 0 N–H and O–H groups in total. The number of ketones is 1. The van der Waals surface area contributed by atoms with Crippen molar-refractivity contribution in [2.24, 2.45) is 0 Å². The van der Waals surface area contributed by atoms with E-state index in [0.717, 1.165) is 5.56 Å². The number of benzene rings is 1. The minimum Gasteiger partial charge on any atom is -0.496 e. The molecule has 0 bridgehead atoms. The van der Waals surface area contributed by atoms with E-state index in [0.29, 0.717) is 23.5 Å². The lowest BCUT2D eigenvalue weighted by Gasteiger charge is -2.11. The van der Waals surface area contributed by atoms with Gasteiger partial charge in [-0.25, -0.2) is 0 Å². The maximum atomic E-state index is 12.4. The van der Waals surface area contributed by atoms with Gasteiger partial charge in [-0.1, -0.05) is 6.07 Å². The first-order chi connectivity index (χ1) is 9.26. The highest BCUT2D eigenvalue weighted by Gasteiger charge is 2.18. The Morgan fingerprint density at radius 2 is 1.63 bits per heavy atom. The second-order valence-corrected chi connectivity index (χ2v) is 3.99. The molecule has 1 aromatic heterocycles. The van der Waals surface area contributed by atoms with Crippen LogP contribution in [0.5, 0.6) is 11.5 Å². The molecule has 0 aliphatic heterocycles. The summed E-state index contributed by atoms with van der Waals surface area (Å²) in [5.41, 5.74) is 1.39. The van der Waals surface area contributed by atoms with Crippen LogP contribution in [-0.2, 0) is 6.42 Å². The van der Waals surface area contributed by atoms with Crippen molar-refractivity contribution in [3.8, 4) is 11.5 Å². The molecular formula is C15H15NO3. The zero-order valence-electron chi connectivity index (χ0n) is 10.9. The maximum Gasteiger partial charge on any atom is 0.174 e. The standard InChI is InChI=1S/C15H15NO3/c1-18-13-4-3-5-14(19-2)15(13)12(17)10-11-6-8-16-9-7-11/h3-9H,10H2,1-2H3. The average molecular weight is 257 g/mol. The molecule has 0 saturated heterocycles. The van der Waals surface area contributed by atoms with Gasteiger partial charge in [0.25, 0.3) is 0 Å². The Bertz CT molecular complexity index is 545. The highest BCUT2D eigenvalue weighted by molar-refractivity contribution is 6.02. The molecule has 0 saturated carbocycles. The van der Waals surface area contributed by atoms with E-state index in [9.17, 15) is 4.79 Å². The van der Waals surface area contributed by atoms with E-state index in [4.69, 9.17) is 9.47 Å². The normalized spacial score (nSPS) is 10.0. The summed E-state index contributed by atoms with van der Waals surface area (Å²) in [6, 6.07) is 8.94. The number of nitrogens with zero attached hydrogens (tertiary/aromatic N) is 1. The van der Waals surface area contributed by atoms with Gasteiger partial charge in [0.15, 0.2) is 5.78 Å². The summed E-state index contributed by atoms with van der Waals surface area (Å²) in [4.78, 5) is 16.3. The molecule has 19 heavy (non-hydrogen) atoms. The van der Waals surface area contributed by atoms with Gasteiger partial charge in [0, 0.05) is 18.8 Å². The van der Waals surface area contributed by atoms with Crippen LogP contribution in [0.3, 0.4) is 0 Å². The van der Waals surface area contributed by atoms with Crippen molar-refractivity contribution >= 4 is 5.78 Å². The number of hydrogen-bond donors (Lipinski definition) is 0. The van der Waals surface area contributed by atoms with E-state index in [1.165, 1.54) is 14.2 Å². The van der Waals surface area contributed by atoms with Gasteiger partial charge in [0.1, 0.15) is 17.1 Å². The van der Waals surface area contributed by atoms with Gasteiger partial charge in [0.2, 0.25) is 0 Å². The van der Waals surface area contributed by atoms with E-state index in [1.54, 1.807) is 30.6 Å². The van der Waals surface area contributed by atoms with E-state index in [1.807, 2.05) is 12.1 Å². The summed E-state index contributed by atoms with van der Waals surface area (Å²) in [5.74, 6) is 1.01. The van der Waals surface area contributed by atoms with Gasteiger partial charge < -0.3 is 9.47 Å². The van der Waals surface area contributed by atoms with E-state index in [-0.39, 0.29) is 5.78 Å². The number of carbonyl (C=O) groups is 1. The molecule has 4 heteroatoms. The van der Waals surface area contributed by atoms with Gasteiger partial charge in [-0.05, 0) is 29.8 Å². The van der Waals surface area contributed by atoms with Crippen molar-refractivity contribution in [1.29, 1.82) is 0 Å². The second-order valence-electron chi connectivity index (χ2n) is 3.99. The van der Waals surface area contributed by atoms with Gasteiger partial charge in [-0.3, -0.25) is 9.78 Å². The molecule has 2 aromatic rings. The fourth-order valence-corrected chi connectivity index (χ4v) is 1.90. The van der Waals surface area contributed by atoms with Gasteiger partial charge in [-0.2, -0.15) is 0 Å². The topological polar surface area (TPSA) is 48.4 Å². The summed E-state index contributed by atoms with van der Waals surface area (Å²) in [5, 5.41) is 0. The third-order valence-corrected chi connectivity index (χ3v) is 2.82. The highest BCUT2D eigenvalue weighted by atomic mass is 16.5. The highest BCUT2D eigenvalue weighted by Crippen LogP contribution is 2.29. The minimum atomic E-state index is -0.0412. The number of Topliss-reactive ketones (excluding diaryl/α,β-unsaturated/α-hetero) is 1. The summed E-state index contributed by atoms with van der Waals surface area (Å²) in [6.07, 6.45) is 3.63. The quantitative estimate of drug-likeness (QED) is 0.772. The van der Waals surface area contributed by atoms with Crippen LogP contribution in [0, 0.1) is 0 Å². The monoisotopic (exact) mass is 257 g/mol. The van der Waals surface area contributed by atoms with Crippen molar-refractivity contribution in [1.82, 2.24) is 4.98 Å². The van der Waals surface area contributed by atoms with Crippen molar-refractivity contribution < 1.29 is 14.3 Å². The SMILES string of the molecule is COc1cccc(OC)c1C(=O)Cc1ccncc1. The van der Waals surface area contributed by atoms with Crippen LogP contribution in [0.2, 0.25) is 0 Å². The zero-order valence-corrected chi connectivity index (χ0v) is 10.9. The molecular weight excluding hydrogens is 242 g/mol. The molecule has 1 aromatic carbocycles. The van der Waals surface area contributed by atoms with Crippen LogP contribution in [0.4, 0.5) is 0 Å². The third-order valence-electron chi connectivity index (χ3n) is 2.82. The Morgan fingerprint density at radius 1 is 1.05 bits per heavy atom. The van der Waals surface area contributed by atoms with Crippen LogP contribution in [-0.4, -0.2) is 25.0 Å². The fraction of sp³-hybridized carbons (Fsp3) is 0.200. The predicted molar refractivity (Wildman–Crippen MR) is 71.8 cm³/mol. The Kier molecular flexibility index (Phi) is 4.13. The Labute approximate surface area is 112 Å². The number of carbonyl (C=O) groups excluding carboxylic acids is 1. The summed E-state index contributed by atoms with van der Waals surface area (Å²) < 4.78 is 10.5. The summed E-state index contributed by atoms with van der Waals surface area (Å²) in [6.45, 7) is 0. The lowest BCUT2D eigenvalue weighted by Crippen LogP contribution is -2.08. The van der Waals surface area contributed by atoms with Crippen molar-refractivity contribution in [3.63, 3.8) is 0 Å². The number of ether oxygens (including phenoxy) is 2. The zero-order chi connectivity index (χ0) is 13.7. The average Bonchev–Trinajstić information content (AvgIpc) is 2.47. The first-order valence-corrected chi connectivity index (χ1v) is 5.89. The van der Waals surface area contributed by atoms with Crippen LogP contribution in [0.15, 0.2) is 42.7 Å². The Balaban J connectivity index is 2.33. The molecule has 0 spiro atoms. The lowest BCUT2D eigenvalue weighted by atomic mass is 10.0. The number of methoxy groups -OCH3 is 2. The second kappa shape index (κ2) is 6.00. The smallest absolute Gasteiger partial charge is 0.174 e. The molecule has 0 aliphatic carbocycles. The first-order valence-electron chi connectivity index (χ1n) is 5.89. The van der Waals surface area contributed by atoms with Gasteiger partial charge in [0.05, 0.1) is 14.2 Å². The van der Waals surface area contributed by atoms with Gasteiger partial charge in [-0.15, -0.1) is 0 Å². The lowest BCUT2D eigenvalue weighted by molar-refractivity contribution is 0.0987. The van der Waals surface area contributed by atoms with Crippen molar-refractivity contribution in [2.45, 2.75) is 6.42 Å². The minimum absolute atomic E-state index is 0.0412. The van der Waals surface area contributed by atoms with Gasteiger partial charge >= 0.3 is 0 Å². The van der Waals surface area contributed by atoms with Crippen LogP contribution in [0.25, 0.3) is 0 Å². The Hall–Kier alpha value is -2.36. The number of aromatic nitrogens is 1. The number of rotatable bonds is 5. The Morgan fingerprint density at radius 3 is 2.16 bits per heavy atom. The van der Waals surface area contributed by atoms with Crippen molar-refractivity contribution in [2.75, 3.05) is 14.2 Å². The summed E-state index contributed by atoms with van der Waals surface area (Å²) >= 11 is 0.